The maximum absolute atomic E-state index is 12.3. The molecule has 0 aliphatic carbocycles. The van der Waals surface area contributed by atoms with Crippen LogP contribution in [0.3, 0.4) is 0 Å². The van der Waals surface area contributed by atoms with Gasteiger partial charge in [0.2, 0.25) is 0 Å². The van der Waals surface area contributed by atoms with Gasteiger partial charge in [-0.2, -0.15) is 0 Å². The third kappa shape index (κ3) is 5.56. The van der Waals surface area contributed by atoms with E-state index < -0.39 is 0 Å². The summed E-state index contributed by atoms with van der Waals surface area (Å²) < 4.78 is 13.3. The van der Waals surface area contributed by atoms with Crippen molar-refractivity contribution in [2.24, 2.45) is 0 Å². The summed E-state index contributed by atoms with van der Waals surface area (Å²) in [5.41, 5.74) is 6.63. The first-order valence-electron chi connectivity index (χ1n) is 13.1. The summed E-state index contributed by atoms with van der Waals surface area (Å²) in [7, 11) is 1.38. The summed E-state index contributed by atoms with van der Waals surface area (Å²) in [5.74, 6) is 0.431. The Balaban J connectivity index is 1.16. The summed E-state index contributed by atoms with van der Waals surface area (Å²) in [6.07, 6.45) is 2.71. The van der Waals surface area contributed by atoms with Crippen LogP contribution in [0.4, 0.5) is 0 Å². The van der Waals surface area contributed by atoms with Gasteiger partial charge in [0, 0.05) is 28.7 Å². The molecule has 0 spiro atoms. The molecule has 0 fully saturated rings. The molecule has 0 bridgehead atoms. The average Bonchev–Trinajstić information content (AvgIpc) is 3.38. The zero-order valence-corrected chi connectivity index (χ0v) is 22.8. The SMILES string of the molecule is COC(=O)c1cc(Cl)ccc1Cc1ccc2c(ccn2Cc2cccc(OCc3ccc4ccccc4n3)c2)c1. The van der Waals surface area contributed by atoms with Gasteiger partial charge in [-0.1, -0.05) is 60.1 Å². The van der Waals surface area contributed by atoms with Crippen LogP contribution in [0.1, 0.15) is 32.7 Å². The molecule has 5 nitrogen and oxygen atoms in total. The minimum Gasteiger partial charge on any atom is -0.487 e. The molecule has 2 heterocycles. The molecular formula is C34H27ClN2O3. The first kappa shape index (κ1) is 25.7. The van der Waals surface area contributed by atoms with Gasteiger partial charge in [-0.15, -0.1) is 0 Å². The number of para-hydroxylation sites is 1. The number of hydrogen-bond acceptors (Lipinski definition) is 4. The van der Waals surface area contributed by atoms with Crippen molar-refractivity contribution in [2.75, 3.05) is 7.11 Å². The molecule has 0 aliphatic rings. The number of esters is 1. The highest BCUT2D eigenvalue weighted by Gasteiger charge is 2.14. The van der Waals surface area contributed by atoms with E-state index >= 15 is 0 Å². The normalized spacial score (nSPS) is 11.2. The standard InChI is InChI=1S/C34H27ClN2O3/c1-39-34(38)31-20-28(35)12-10-26(31)17-23-9-14-33-27(18-23)15-16-37(33)21-24-5-4-7-30(19-24)40-22-29-13-11-25-6-2-3-8-32(25)36-29/h2-16,18-20H,17,21-22H2,1H3. The highest BCUT2D eigenvalue weighted by Crippen LogP contribution is 2.25. The molecular weight excluding hydrogens is 520 g/mol. The Morgan fingerprint density at radius 3 is 2.65 bits per heavy atom. The molecule has 0 unspecified atom stereocenters. The van der Waals surface area contributed by atoms with Gasteiger partial charge < -0.3 is 14.0 Å². The van der Waals surface area contributed by atoms with Crippen molar-refractivity contribution < 1.29 is 14.3 Å². The van der Waals surface area contributed by atoms with Crippen LogP contribution in [0.5, 0.6) is 5.75 Å². The van der Waals surface area contributed by atoms with Crippen molar-refractivity contribution in [1.29, 1.82) is 0 Å². The van der Waals surface area contributed by atoms with Crippen LogP contribution in [0.2, 0.25) is 5.02 Å². The second-order valence-corrected chi connectivity index (χ2v) is 10.2. The molecule has 0 N–H and O–H groups in total. The van der Waals surface area contributed by atoms with Gasteiger partial charge >= 0.3 is 5.97 Å². The molecule has 0 radical (unpaired) electrons. The average molecular weight is 547 g/mol. The van der Waals surface area contributed by atoms with Gasteiger partial charge in [-0.05, 0) is 83.1 Å². The lowest BCUT2D eigenvalue weighted by Crippen LogP contribution is -2.06. The highest BCUT2D eigenvalue weighted by molar-refractivity contribution is 6.31. The lowest BCUT2D eigenvalue weighted by Gasteiger charge is -2.11. The summed E-state index contributed by atoms with van der Waals surface area (Å²) in [6.45, 7) is 1.13. The number of carbonyl (C=O) groups excluding carboxylic acids is 1. The van der Waals surface area contributed by atoms with E-state index in [1.54, 1.807) is 12.1 Å². The number of nitrogens with zero attached hydrogens (tertiary/aromatic N) is 2. The van der Waals surface area contributed by atoms with Crippen molar-refractivity contribution in [2.45, 2.75) is 19.6 Å². The summed E-state index contributed by atoms with van der Waals surface area (Å²) in [6, 6.07) is 34.2. The number of aromatic nitrogens is 2. The van der Waals surface area contributed by atoms with Crippen molar-refractivity contribution >= 4 is 39.4 Å². The van der Waals surface area contributed by atoms with E-state index in [1.165, 1.54) is 7.11 Å². The lowest BCUT2D eigenvalue weighted by molar-refractivity contribution is 0.0599. The fourth-order valence-corrected chi connectivity index (χ4v) is 5.17. The van der Waals surface area contributed by atoms with Crippen LogP contribution in [-0.4, -0.2) is 22.6 Å². The molecule has 40 heavy (non-hydrogen) atoms. The predicted molar refractivity (Wildman–Crippen MR) is 159 cm³/mol. The first-order valence-corrected chi connectivity index (χ1v) is 13.4. The van der Waals surface area contributed by atoms with Gasteiger partial charge in [0.15, 0.2) is 0 Å². The molecule has 2 aromatic heterocycles. The number of methoxy groups -OCH3 is 1. The van der Waals surface area contributed by atoms with Gasteiger partial charge in [-0.3, -0.25) is 0 Å². The van der Waals surface area contributed by atoms with Crippen LogP contribution in [0, 0.1) is 0 Å². The fraction of sp³-hybridized carbons (Fsp3) is 0.118. The molecule has 6 aromatic rings. The Morgan fingerprint density at radius 2 is 1.75 bits per heavy atom. The fourth-order valence-electron chi connectivity index (χ4n) is 5.00. The third-order valence-corrected chi connectivity index (χ3v) is 7.24. The maximum atomic E-state index is 12.3. The van der Waals surface area contributed by atoms with Crippen LogP contribution in [-0.2, 0) is 24.3 Å². The summed E-state index contributed by atoms with van der Waals surface area (Å²) >= 11 is 6.12. The molecule has 0 saturated heterocycles. The van der Waals surface area contributed by atoms with Crippen LogP contribution in [0.15, 0.2) is 109 Å². The van der Waals surface area contributed by atoms with E-state index in [1.807, 2.05) is 42.5 Å². The number of rotatable bonds is 8. The molecule has 198 valence electrons. The van der Waals surface area contributed by atoms with Gasteiger partial charge in [-0.25, -0.2) is 9.78 Å². The van der Waals surface area contributed by atoms with Gasteiger partial charge in [0.1, 0.15) is 12.4 Å². The third-order valence-electron chi connectivity index (χ3n) is 7.00. The monoisotopic (exact) mass is 546 g/mol. The van der Waals surface area contributed by atoms with E-state index in [9.17, 15) is 4.79 Å². The number of hydrogen-bond donors (Lipinski definition) is 0. The number of pyridine rings is 1. The second kappa shape index (κ2) is 11.2. The highest BCUT2D eigenvalue weighted by atomic mass is 35.5. The molecule has 0 amide bonds. The minimum atomic E-state index is -0.385. The summed E-state index contributed by atoms with van der Waals surface area (Å²) in [4.78, 5) is 17.0. The number of benzene rings is 4. The molecule has 0 saturated carbocycles. The molecule has 0 atom stereocenters. The van der Waals surface area contributed by atoms with Crippen LogP contribution >= 0.6 is 11.6 Å². The Kier molecular flexibility index (Phi) is 7.21. The first-order chi connectivity index (χ1) is 19.6. The molecule has 0 aliphatic heterocycles. The van der Waals surface area contributed by atoms with Crippen molar-refractivity contribution in [1.82, 2.24) is 9.55 Å². The van der Waals surface area contributed by atoms with Crippen molar-refractivity contribution in [3.8, 4) is 5.75 Å². The van der Waals surface area contributed by atoms with E-state index in [0.29, 0.717) is 23.6 Å². The quantitative estimate of drug-likeness (QED) is 0.182. The Morgan fingerprint density at radius 1 is 0.850 bits per heavy atom. The van der Waals surface area contributed by atoms with E-state index in [2.05, 4.69) is 59.3 Å². The number of fused-ring (bicyclic) bond motifs is 2. The second-order valence-electron chi connectivity index (χ2n) is 9.74. The van der Waals surface area contributed by atoms with Crippen LogP contribution in [0.25, 0.3) is 21.8 Å². The molecule has 6 rings (SSSR count). The maximum Gasteiger partial charge on any atom is 0.338 e. The zero-order valence-electron chi connectivity index (χ0n) is 22.0. The summed E-state index contributed by atoms with van der Waals surface area (Å²) in [5, 5.41) is 2.77. The zero-order chi connectivity index (χ0) is 27.5. The van der Waals surface area contributed by atoms with Crippen molar-refractivity contribution in [3.05, 3.63) is 142 Å². The largest absolute Gasteiger partial charge is 0.487 e. The Hall–Kier alpha value is -4.61. The Labute approximate surface area is 237 Å². The number of carbonyl (C=O) groups is 1. The number of halogens is 1. The van der Waals surface area contributed by atoms with Crippen molar-refractivity contribution in [3.63, 3.8) is 0 Å². The van der Waals surface area contributed by atoms with E-state index in [0.717, 1.165) is 56.5 Å². The molecule has 6 heteroatoms. The minimum absolute atomic E-state index is 0.385. The topological polar surface area (TPSA) is 53.4 Å². The number of ether oxygens (including phenoxy) is 2. The molecule has 4 aromatic carbocycles. The van der Waals surface area contributed by atoms with E-state index in [4.69, 9.17) is 26.1 Å². The smallest absolute Gasteiger partial charge is 0.338 e. The Bertz CT molecular complexity index is 1840. The van der Waals surface area contributed by atoms with Gasteiger partial charge in [0.25, 0.3) is 0 Å². The van der Waals surface area contributed by atoms with Gasteiger partial charge in [0.05, 0.1) is 23.9 Å². The lowest BCUT2D eigenvalue weighted by atomic mass is 9.99. The van der Waals surface area contributed by atoms with E-state index in [-0.39, 0.29) is 5.97 Å². The predicted octanol–water partition coefficient (Wildman–Crippen LogP) is 7.85. The van der Waals surface area contributed by atoms with Crippen LogP contribution < -0.4 is 4.74 Å².